The Bertz CT molecular complexity index is 528. The van der Waals surface area contributed by atoms with Crippen LogP contribution in [0.2, 0.25) is 0 Å². The maximum absolute atomic E-state index is 9.94. The summed E-state index contributed by atoms with van der Waals surface area (Å²) >= 11 is 0. The summed E-state index contributed by atoms with van der Waals surface area (Å²) in [6.07, 6.45) is 2.27. The molecule has 0 aliphatic rings. The van der Waals surface area contributed by atoms with Gasteiger partial charge in [-0.1, -0.05) is 30.3 Å². The van der Waals surface area contributed by atoms with Crippen LogP contribution in [0.15, 0.2) is 59.6 Å². The van der Waals surface area contributed by atoms with Crippen molar-refractivity contribution in [2.24, 2.45) is 4.99 Å². The number of para-hydroxylation sites is 1. The molecular weight excluding hydrogens is 226 g/mol. The van der Waals surface area contributed by atoms with Crippen molar-refractivity contribution in [3.8, 4) is 11.5 Å². The third kappa shape index (κ3) is 3.58. The lowest BCUT2D eigenvalue weighted by molar-refractivity contribution is 0.482. The number of nitrogens with zero attached hydrogens (tertiary/aromatic N) is 1. The van der Waals surface area contributed by atoms with E-state index < -0.39 is 0 Å². The van der Waals surface area contributed by atoms with Crippen LogP contribution in [0.5, 0.6) is 11.5 Å². The molecule has 0 aliphatic heterocycles. The summed E-state index contributed by atoms with van der Waals surface area (Å²) < 4.78 is 5.67. The van der Waals surface area contributed by atoms with Gasteiger partial charge in [0.05, 0.1) is 6.54 Å². The fraction of sp³-hybridized carbons (Fsp3) is 0.133. The van der Waals surface area contributed by atoms with Gasteiger partial charge in [-0.15, -0.1) is 0 Å². The number of rotatable bonds is 5. The Labute approximate surface area is 106 Å². The Morgan fingerprint density at radius 2 is 1.61 bits per heavy atom. The summed E-state index contributed by atoms with van der Waals surface area (Å²) in [6, 6.07) is 17.4. The molecule has 90 valence electrons. The average molecular weight is 239 g/mol. The number of ether oxygens (including phenoxy) is 1. The minimum absolute atomic E-state index is 0.475. The lowest BCUT2D eigenvalue weighted by Crippen LogP contribution is -1.89. The molecule has 3 heteroatoms. The van der Waals surface area contributed by atoms with Gasteiger partial charge < -0.3 is 4.74 Å². The van der Waals surface area contributed by atoms with E-state index in [1.807, 2.05) is 54.6 Å². The second-order valence-corrected chi connectivity index (χ2v) is 3.78. The molecule has 0 bridgehead atoms. The zero-order chi connectivity index (χ0) is 12.6. The van der Waals surface area contributed by atoms with Crippen molar-refractivity contribution in [3.63, 3.8) is 0 Å². The molecule has 3 nitrogen and oxygen atoms in total. The van der Waals surface area contributed by atoms with Gasteiger partial charge >= 0.3 is 0 Å². The van der Waals surface area contributed by atoms with Gasteiger partial charge in [0.2, 0.25) is 6.08 Å². The number of hydrogen-bond acceptors (Lipinski definition) is 3. The van der Waals surface area contributed by atoms with Crippen molar-refractivity contribution in [1.82, 2.24) is 0 Å². The summed E-state index contributed by atoms with van der Waals surface area (Å²) in [5.41, 5.74) is 1.12. The maximum atomic E-state index is 9.94. The molecule has 0 amide bonds. The number of isocyanates is 1. The first kappa shape index (κ1) is 12.1. The Kier molecular flexibility index (Phi) is 4.28. The minimum atomic E-state index is 0.475. The van der Waals surface area contributed by atoms with Gasteiger partial charge in [-0.2, -0.15) is 0 Å². The van der Waals surface area contributed by atoms with E-state index in [1.165, 1.54) is 6.08 Å². The van der Waals surface area contributed by atoms with E-state index in [0.29, 0.717) is 6.54 Å². The zero-order valence-electron chi connectivity index (χ0n) is 9.87. The Morgan fingerprint density at radius 1 is 0.944 bits per heavy atom. The molecule has 0 N–H and O–H groups in total. The lowest BCUT2D eigenvalue weighted by atomic mass is 10.1. The van der Waals surface area contributed by atoms with Gasteiger partial charge in [0.1, 0.15) is 11.5 Å². The molecule has 0 spiro atoms. The summed E-state index contributed by atoms with van der Waals surface area (Å²) in [5.74, 6) is 1.61. The average Bonchev–Trinajstić information content (AvgIpc) is 2.42. The SMILES string of the molecule is O=C=NCCc1ccc(Oc2ccccc2)cc1. The first-order chi connectivity index (χ1) is 8.88. The third-order valence-electron chi connectivity index (χ3n) is 2.48. The molecule has 0 aromatic heterocycles. The van der Waals surface area contributed by atoms with E-state index in [2.05, 4.69) is 4.99 Å². The topological polar surface area (TPSA) is 38.7 Å². The van der Waals surface area contributed by atoms with Crippen molar-refractivity contribution >= 4 is 6.08 Å². The van der Waals surface area contributed by atoms with E-state index >= 15 is 0 Å². The van der Waals surface area contributed by atoms with E-state index in [1.54, 1.807) is 0 Å². The Hall–Kier alpha value is -2.38. The van der Waals surface area contributed by atoms with Crippen LogP contribution in [0.25, 0.3) is 0 Å². The predicted octanol–water partition coefficient (Wildman–Crippen LogP) is 3.36. The standard InChI is InChI=1S/C15H13NO2/c17-12-16-11-10-13-6-8-15(9-7-13)18-14-4-2-1-3-5-14/h1-9H,10-11H2. The summed E-state index contributed by atoms with van der Waals surface area (Å²) in [7, 11) is 0. The normalized spacial score (nSPS) is 9.56. The monoisotopic (exact) mass is 239 g/mol. The predicted molar refractivity (Wildman–Crippen MR) is 69.7 cm³/mol. The molecule has 0 radical (unpaired) electrons. The van der Waals surface area contributed by atoms with Crippen molar-refractivity contribution in [1.29, 1.82) is 0 Å². The summed E-state index contributed by atoms with van der Waals surface area (Å²) in [4.78, 5) is 13.5. The van der Waals surface area contributed by atoms with E-state index in [0.717, 1.165) is 23.5 Å². The first-order valence-corrected chi connectivity index (χ1v) is 5.74. The van der Waals surface area contributed by atoms with Gasteiger partial charge in [-0.3, -0.25) is 0 Å². The van der Waals surface area contributed by atoms with Gasteiger partial charge in [0.25, 0.3) is 0 Å². The molecule has 0 fully saturated rings. The largest absolute Gasteiger partial charge is 0.457 e. The van der Waals surface area contributed by atoms with Crippen LogP contribution in [-0.4, -0.2) is 12.6 Å². The number of carbonyl (C=O) groups excluding carboxylic acids is 1. The van der Waals surface area contributed by atoms with Crippen molar-refractivity contribution in [2.75, 3.05) is 6.54 Å². The number of aliphatic imine (C=N–C) groups is 1. The molecule has 0 unspecified atom stereocenters. The molecule has 0 heterocycles. The molecule has 0 atom stereocenters. The molecule has 0 aliphatic carbocycles. The third-order valence-corrected chi connectivity index (χ3v) is 2.48. The smallest absolute Gasteiger partial charge is 0.234 e. The van der Waals surface area contributed by atoms with Crippen molar-refractivity contribution < 1.29 is 9.53 Å². The van der Waals surface area contributed by atoms with Crippen molar-refractivity contribution in [3.05, 3.63) is 60.2 Å². The highest BCUT2D eigenvalue weighted by atomic mass is 16.5. The summed E-state index contributed by atoms with van der Waals surface area (Å²) in [6.45, 7) is 0.475. The van der Waals surface area contributed by atoms with Crippen LogP contribution in [0.4, 0.5) is 0 Å². The lowest BCUT2D eigenvalue weighted by Gasteiger charge is -2.06. The zero-order valence-corrected chi connectivity index (χ0v) is 9.87. The van der Waals surface area contributed by atoms with Crippen molar-refractivity contribution in [2.45, 2.75) is 6.42 Å². The molecule has 2 rings (SSSR count). The van der Waals surface area contributed by atoms with Crippen LogP contribution in [0, 0.1) is 0 Å². The van der Waals surface area contributed by atoms with E-state index in [4.69, 9.17) is 4.74 Å². The second kappa shape index (κ2) is 6.38. The molecule has 0 saturated carbocycles. The number of hydrogen-bond donors (Lipinski definition) is 0. The molecule has 18 heavy (non-hydrogen) atoms. The summed E-state index contributed by atoms with van der Waals surface area (Å²) in [5, 5.41) is 0. The fourth-order valence-corrected chi connectivity index (χ4v) is 1.58. The maximum Gasteiger partial charge on any atom is 0.234 e. The molecule has 0 saturated heterocycles. The first-order valence-electron chi connectivity index (χ1n) is 5.74. The van der Waals surface area contributed by atoms with Crippen LogP contribution >= 0.6 is 0 Å². The van der Waals surface area contributed by atoms with Gasteiger partial charge in [-0.25, -0.2) is 9.79 Å². The fourth-order valence-electron chi connectivity index (χ4n) is 1.58. The quantitative estimate of drug-likeness (QED) is 0.592. The van der Waals surface area contributed by atoms with E-state index in [-0.39, 0.29) is 0 Å². The van der Waals surface area contributed by atoms with Crippen LogP contribution in [0.3, 0.4) is 0 Å². The van der Waals surface area contributed by atoms with Gasteiger partial charge in [0.15, 0.2) is 0 Å². The highest BCUT2D eigenvalue weighted by molar-refractivity contribution is 5.34. The molecule has 2 aromatic rings. The van der Waals surface area contributed by atoms with Gasteiger partial charge in [0, 0.05) is 0 Å². The molecule has 2 aromatic carbocycles. The second-order valence-electron chi connectivity index (χ2n) is 3.78. The van der Waals surface area contributed by atoms with Crippen LogP contribution < -0.4 is 4.74 Å². The number of benzene rings is 2. The van der Waals surface area contributed by atoms with Crippen LogP contribution in [-0.2, 0) is 11.2 Å². The van der Waals surface area contributed by atoms with Gasteiger partial charge in [-0.05, 0) is 36.2 Å². The Morgan fingerprint density at radius 3 is 2.28 bits per heavy atom. The van der Waals surface area contributed by atoms with Crippen LogP contribution in [0.1, 0.15) is 5.56 Å². The highest BCUT2D eigenvalue weighted by Gasteiger charge is 1.97. The Balaban J connectivity index is 1.97. The van der Waals surface area contributed by atoms with E-state index in [9.17, 15) is 4.79 Å². The highest BCUT2D eigenvalue weighted by Crippen LogP contribution is 2.21. The minimum Gasteiger partial charge on any atom is -0.457 e. The molecular formula is C15H13NO2.